The molecule has 0 aromatic carbocycles. The number of aromatic nitrogens is 2. The van der Waals surface area contributed by atoms with Crippen LogP contribution in [-0.4, -0.2) is 27.5 Å². The van der Waals surface area contributed by atoms with Gasteiger partial charge in [0.25, 0.3) is 0 Å². The van der Waals surface area contributed by atoms with Crippen molar-refractivity contribution >= 4 is 5.91 Å². The molecule has 1 aromatic heterocycles. The van der Waals surface area contributed by atoms with Gasteiger partial charge in [-0.05, 0) is 25.7 Å². The molecule has 5 heteroatoms. The van der Waals surface area contributed by atoms with E-state index in [9.17, 15) is 4.79 Å². The van der Waals surface area contributed by atoms with E-state index in [0.717, 1.165) is 19.4 Å². The van der Waals surface area contributed by atoms with Crippen molar-refractivity contribution in [1.82, 2.24) is 14.9 Å². The molecule has 0 spiro atoms. The molecule has 3 N–H and O–H groups in total. The summed E-state index contributed by atoms with van der Waals surface area (Å²) in [6.45, 7) is 3.14. The fourth-order valence-corrected chi connectivity index (χ4v) is 1.78. The lowest BCUT2D eigenvalue weighted by Gasteiger charge is -2.23. The molecule has 1 aliphatic rings. The van der Waals surface area contributed by atoms with Crippen LogP contribution in [-0.2, 0) is 11.3 Å². The Balaban J connectivity index is 1.75. The van der Waals surface area contributed by atoms with Crippen molar-refractivity contribution < 1.29 is 4.79 Å². The van der Waals surface area contributed by atoms with E-state index in [1.54, 1.807) is 12.5 Å². The minimum absolute atomic E-state index is 0.0462. The fraction of sp³-hybridized carbons (Fsp3) is 0.636. The average Bonchev–Trinajstić information content (AvgIpc) is 2.99. The van der Waals surface area contributed by atoms with Gasteiger partial charge in [-0.15, -0.1) is 0 Å². The SMILES string of the molecule is CC(N)(C(=O)NCCn1ccnc1)C1CC1. The van der Waals surface area contributed by atoms with Gasteiger partial charge < -0.3 is 15.6 Å². The number of carbonyl (C=O) groups excluding carboxylic acids is 1. The Bertz CT molecular complexity index is 354. The summed E-state index contributed by atoms with van der Waals surface area (Å²) >= 11 is 0. The Hall–Kier alpha value is -1.36. The summed E-state index contributed by atoms with van der Waals surface area (Å²) in [5.41, 5.74) is 5.29. The van der Waals surface area contributed by atoms with E-state index < -0.39 is 5.54 Å². The van der Waals surface area contributed by atoms with E-state index in [4.69, 9.17) is 5.73 Å². The van der Waals surface area contributed by atoms with Crippen molar-refractivity contribution in [2.45, 2.75) is 31.8 Å². The van der Waals surface area contributed by atoms with Crippen LogP contribution in [0.15, 0.2) is 18.7 Å². The third-order valence-corrected chi connectivity index (χ3v) is 3.13. The van der Waals surface area contributed by atoms with E-state index in [2.05, 4.69) is 10.3 Å². The van der Waals surface area contributed by atoms with Crippen molar-refractivity contribution in [3.05, 3.63) is 18.7 Å². The molecule has 1 atom stereocenters. The Kier molecular flexibility index (Phi) is 2.96. The summed E-state index contributed by atoms with van der Waals surface area (Å²) in [5.74, 6) is 0.316. The van der Waals surface area contributed by atoms with Gasteiger partial charge in [-0.25, -0.2) is 4.98 Å². The summed E-state index contributed by atoms with van der Waals surface area (Å²) in [4.78, 5) is 15.7. The zero-order valence-electron chi connectivity index (χ0n) is 9.52. The van der Waals surface area contributed by atoms with Gasteiger partial charge in [0, 0.05) is 25.5 Å². The highest BCUT2D eigenvalue weighted by Gasteiger charge is 2.43. The maximum Gasteiger partial charge on any atom is 0.240 e. The molecule has 2 rings (SSSR count). The van der Waals surface area contributed by atoms with Crippen LogP contribution in [0.25, 0.3) is 0 Å². The van der Waals surface area contributed by atoms with E-state index in [-0.39, 0.29) is 5.91 Å². The zero-order valence-corrected chi connectivity index (χ0v) is 9.52. The molecule has 0 aliphatic heterocycles. The van der Waals surface area contributed by atoms with Gasteiger partial charge in [0.05, 0.1) is 11.9 Å². The first-order valence-electron chi connectivity index (χ1n) is 5.63. The lowest BCUT2D eigenvalue weighted by atomic mass is 9.96. The number of hydrogen-bond acceptors (Lipinski definition) is 3. The number of nitrogens with one attached hydrogen (secondary N) is 1. The number of amides is 1. The predicted octanol–water partition coefficient (Wildman–Crippen LogP) is 0.127. The van der Waals surface area contributed by atoms with Crippen LogP contribution in [0.2, 0.25) is 0 Å². The fourth-order valence-electron chi connectivity index (χ4n) is 1.78. The van der Waals surface area contributed by atoms with Gasteiger partial charge in [-0.1, -0.05) is 0 Å². The number of carbonyl (C=O) groups is 1. The molecule has 0 saturated heterocycles. The Morgan fingerprint density at radius 2 is 2.44 bits per heavy atom. The molecule has 16 heavy (non-hydrogen) atoms. The first kappa shape index (κ1) is 11.1. The van der Waals surface area contributed by atoms with Gasteiger partial charge in [0.1, 0.15) is 0 Å². The summed E-state index contributed by atoms with van der Waals surface area (Å²) in [5, 5.41) is 2.87. The molecule has 0 bridgehead atoms. The summed E-state index contributed by atoms with van der Waals surface area (Å²) in [6, 6.07) is 0. The smallest absolute Gasteiger partial charge is 0.240 e. The molecule has 1 unspecified atom stereocenters. The number of nitrogens with zero attached hydrogens (tertiary/aromatic N) is 2. The molecular weight excluding hydrogens is 204 g/mol. The van der Waals surface area contributed by atoms with Crippen LogP contribution in [0.4, 0.5) is 0 Å². The van der Waals surface area contributed by atoms with Crippen LogP contribution in [0, 0.1) is 5.92 Å². The van der Waals surface area contributed by atoms with Crippen molar-refractivity contribution in [3.63, 3.8) is 0 Å². The van der Waals surface area contributed by atoms with Gasteiger partial charge in [0.15, 0.2) is 0 Å². The standard InChI is InChI=1S/C11H18N4O/c1-11(12,9-2-3-9)10(16)14-5-7-15-6-4-13-8-15/h4,6,8-9H,2-3,5,7,12H2,1H3,(H,14,16). The highest BCUT2D eigenvalue weighted by Crippen LogP contribution is 2.37. The van der Waals surface area contributed by atoms with Crippen molar-refractivity contribution in [2.24, 2.45) is 11.7 Å². The number of nitrogens with two attached hydrogens (primary N) is 1. The average molecular weight is 222 g/mol. The number of rotatable bonds is 5. The third kappa shape index (κ3) is 2.41. The lowest BCUT2D eigenvalue weighted by molar-refractivity contribution is -0.126. The highest BCUT2D eigenvalue weighted by molar-refractivity contribution is 5.86. The Morgan fingerprint density at radius 3 is 3.00 bits per heavy atom. The highest BCUT2D eigenvalue weighted by atomic mass is 16.2. The van der Waals surface area contributed by atoms with E-state index >= 15 is 0 Å². The van der Waals surface area contributed by atoms with Crippen LogP contribution >= 0.6 is 0 Å². The van der Waals surface area contributed by atoms with E-state index in [0.29, 0.717) is 12.5 Å². The molecule has 5 nitrogen and oxygen atoms in total. The molecule has 1 aromatic rings. The largest absolute Gasteiger partial charge is 0.353 e. The minimum atomic E-state index is -0.699. The van der Waals surface area contributed by atoms with Gasteiger partial charge in [-0.2, -0.15) is 0 Å². The molecule has 88 valence electrons. The van der Waals surface area contributed by atoms with Crippen molar-refractivity contribution in [1.29, 1.82) is 0 Å². The molecular formula is C11H18N4O. The third-order valence-electron chi connectivity index (χ3n) is 3.13. The first-order valence-corrected chi connectivity index (χ1v) is 5.63. The van der Waals surface area contributed by atoms with Crippen LogP contribution in [0.3, 0.4) is 0 Å². The maximum absolute atomic E-state index is 11.8. The van der Waals surface area contributed by atoms with Gasteiger partial charge >= 0.3 is 0 Å². The lowest BCUT2D eigenvalue weighted by Crippen LogP contribution is -2.53. The molecule has 1 heterocycles. The second kappa shape index (κ2) is 4.25. The quantitative estimate of drug-likeness (QED) is 0.743. The van der Waals surface area contributed by atoms with Crippen molar-refractivity contribution in [2.75, 3.05) is 6.54 Å². The molecule has 0 radical (unpaired) electrons. The minimum Gasteiger partial charge on any atom is -0.353 e. The molecule has 1 saturated carbocycles. The summed E-state index contributed by atoms with van der Waals surface area (Å²) < 4.78 is 1.92. The topological polar surface area (TPSA) is 72.9 Å². The predicted molar refractivity (Wildman–Crippen MR) is 60.6 cm³/mol. The second-order valence-electron chi connectivity index (χ2n) is 4.61. The number of hydrogen-bond donors (Lipinski definition) is 2. The maximum atomic E-state index is 11.8. The number of imidazole rings is 1. The normalized spacial score (nSPS) is 19.1. The van der Waals surface area contributed by atoms with Gasteiger partial charge in [-0.3, -0.25) is 4.79 Å². The van der Waals surface area contributed by atoms with Crippen LogP contribution in [0.5, 0.6) is 0 Å². The van der Waals surface area contributed by atoms with E-state index in [1.165, 1.54) is 0 Å². The molecule has 1 amide bonds. The summed E-state index contributed by atoms with van der Waals surface area (Å²) in [7, 11) is 0. The van der Waals surface area contributed by atoms with E-state index in [1.807, 2.05) is 17.7 Å². The monoisotopic (exact) mass is 222 g/mol. The Labute approximate surface area is 95.0 Å². The summed E-state index contributed by atoms with van der Waals surface area (Å²) in [6.07, 6.45) is 7.46. The first-order chi connectivity index (χ1) is 7.60. The molecule has 1 fully saturated rings. The van der Waals surface area contributed by atoms with Crippen LogP contribution < -0.4 is 11.1 Å². The second-order valence-corrected chi connectivity index (χ2v) is 4.61. The molecule has 1 aliphatic carbocycles. The van der Waals surface area contributed by atoms with Crippen LogP contribution in [0.1, 0.15) is 19.8 Å². The van der Waals surface area contributed by atoms with Gasteiger partial charge in [0.2, 0.25) is 5.91 Å². The Morgan fingerprint density at radius 1 is 1.69 bits per heavy atom. The van der Waals surface area contributed by atoms with Crippen molar-refractivity contribution in [3.8, 4) is 0 Å². The zero-order chi connectivity index (χ0) is 11.6.